The molecule has 2 aliphatic carbocycles. The van der Waals surface area contributed by atoms with E-state index in [1.54, 1.807) is 0 Å². The van der Waals surface area contributed by atoms with Crippen molar-refractivity contribution in [2.75, 3.05) is 11.5 Å². The number of amides is 1. The lowest BCUT2D eigenvalue weighted by atomic mass is 10.0. The maximum atomic E-state index is 12.4. The lowest BCUT2D eigenvalue weighted by Gasteiger charge is -2.27. The van der Waals surface area contributed by atoms with Crippen LogP contribution in [0, 0.1) is 0 Å². The van der Waals surface area contributed by atoms with Crippen LogP contribution in [0.4, 0.5) is 0 Å². The fourth-order valence-electron chi connectivity index (χ4n) is 2.53. The van der Waals surface area contributed by atoms with Crippen LogP contribution in [-0.2, 0) is 9.59 Å². The fraction of sp³-hybridized carbons (Fsp3) is 0.733. The van der Waals surface area contributed by atoms with Crippen LogP contribution in [0.25, 0.3) is 0 Å². The maximum absolute atomic E-state index is 12.4. The summed E-state index contributed by atoms with van der Waals surface area (Å²) >= 11 is 1.48. The molecule has 2 rings (SSSR count). The van der Waals surface area contributed by atoms with Crippen molar-refractivity contribution in [1.82, 2.24) is 4.90 Å². The number of nitrogens with zero attached hydrogens (tertiary/aromatic N) is 1. The van der Waals surface area contributed by atoms with Gasteiger partial charge in [-0.3, -0.25) is 9.59 Å². The molecule has 0 bridgehead atoms. The van der Waals surface area contributed by atoms with Crippen molar-refractivity contribution in [2.24, 2.45) is 5.73 Å². The molecule has 1 atom stereocenters. The molecule has 1 unspecified atom stereocenters. The summed E-state index contributed by atoms with van der Waals surface area (Å²) in [5.41, 5.74) is 6.66. The number of nitrogens with two attached hydrogens (primary N) is 1. The Morgan fingerprint density at radius 1 is 1.43 bits per heavy atom. The van der Waals surface area contributed by atoms with Gasteiger partial charge in [-0.1, -0.05) is 6.08 Å². The zero-order chi connectivity index (χ0) is 15.2. The van der Waals surface area contributed by atoms with E-state index in [0.29, 0.717) is 24.0 Å². The Morgan fingerprint density at radius 3 is 2.76 bits per heavy atom. The molecule has 21 heavy (non-hydrogen) atoms. The molecular formula is C15H24N2O3S. The van der Waals surface area contributed by atoms with Crippen LogP contribution in [0.1, 0.15) is 44.9 Å². The first-order chi connectivity index (χ1) is 10.1. The molecule has 0 saturated heterocycles. The number of rotatable bonds is 8. The molecule has 0 aliphatic heterocycles. The summed E-state index contributed by atoms with van der Waals surface area (Å²) in [5.74, 6) is 0.213. The van der Waals surface area contributed by atoms with Gasteiger partial charge in [0.2, 0.25) is 5.91 Å². The lowest BCUT2D eigenvalue weighted by Crippen LogP contribution is -2.35. The van der Waals surface area contributed by atoms with E-state index >= 15 is 0 Å². The number of carbonyl (C=O) groups excluding carboxylic acids is 1. The molecule has 0 spiro atoms. The molecule has 0 heterocycles. The van der Waals surface area contributed by atoms with Gasteiger partial charge in [0.15, 0.2) is 0 Å². The average molecular weight is 312 g/mol. The van der Waals surface area contributed by atoms with E-state index in [1.807, 2.05) is 4.90 Å². The fourth-order valence-corrected chi connectivity index (χ4v) is 3.41. The highest BCUT2D eigenvalue weighted by molar-refractivity contribution is 7.99. The molecule has 0 aromatic heterocycles. The van der Waals surface area contributed by atoms with Crippen LogP contribution in [0.2, 0.25) is 0 Å². The van der Waals surface area contributed by atoms with Gasteiger partial charge in [0.25, 0.3) is 0 Å². The van der Waals surface area contributed by atoms with Gasteiger partial charge in [0.1, 0.15) is 6.04 Å². The van der Waals surface area contributed by atoms with Crippen LogP contribution in [0.15, 0.2) is 11.8 Å². The molecule has 1 saturated carbocycles. The molecule has 118 valence electrons. The standard InChI is InChI=1S/C15H24N2O3S/c16-13(15(19)20)8-9-21-10-14(18)17(12-6-7-12)11-4-2-1-3-5-11/h4,12-13H,1-3,5-10,16H2,(H,19,20). The van der Waals surface area contributed by atoms with Crippen LogP contribution in [0.5, 0.6) is 0 Å². The molecule has 0 aromatic rings. The molecule has 2 aliphatic rings. The van der Waals surface area contributed by atoms with Gasteiger partial charge in [-0.25, -0.2) is 0 Å². The van der Waals surface area contributed by atoms with Gasteiger partial charge < -0.3 is 15.7 Å². The summed E-state index contributed by atoms with van der Waals surface area (Å²) < 4.78 is 0. The van der Waals surface area contributed by atoms with E-state index in [9.17, 15) is 9.59 Å². The predicted molar refractivity (Wildman–Crippen MR) is 84.0 cm³/mol. The average Bonchev–Trinajstić information content (AvgIpc) is 3.29. The third-order valence-corrected chi connectivity index (χ3v) is 4.85. The second-order valence-corrected chi connectivity index (χ2v) is 6.83. The van der Waals surface area contributed by atoms with Gasteiger partial charge in [0.05, 0.1) is 5.75 Å². The molecule has 6 heteroatoms. The van der Waals surface area contributed by atoms with Crippen molar-refractivity contribution in [1.29, 1.82) is 0 Å². The molecule has 5 nitrogen and oxygen atoms in total. The Kier molecular flexibility index (Phi) is 6.11. The third kappa shape index (κ3) is 5.04. The number of aliphatic carboxylic acids is 1. The van der Waals surface area contributed by atoms with Crippen LogP contribution in [0.3, 0.4) is 0 Å². The molecule has 1 fully saturated rings. The Hall–Kier alpha value is -1.01. The Balaban J connectivity index is 1.77. The number of carbonyl (C=O) groups is 2. The van der Waals surface area contributed by atoms with Crippen molar-refractivity contribution < 1.29 is 14.7 Å². The molecular weight excluding hydrogens is 288 g/mol. The summed E-state index contributed by atoms with van der Waals surface area (Å²) in [6, 6.07) is -0.420. The number of allylic oxidation sites excluding steroid dienone is 2. The number of carboxylic acid groups (broad SMARTS) is 1. The van der Waals surface area contributed by atoms with Crippen molar-refractivity contribution in [2.45, 2.75) is 57.0 Å². The van der Waals surface area contributed by atoms with E-state index in [2.05, 4.69) is 6.08 Å². The van der Waals surface area contributed by atoms with Crippen molar-refractivity contribution >= 4 is 23.6 Å². The predicted octanol–water partition coefficient (Wildman–Crippen LogP) is 1.97. The third-order valence-electron chi connectivity index (χ3n) is 3.87. The van der Waals surface area contributed by atoms with E-state index in [0.717, 1.165) is 25.7 Å². The Labute approximate surface area is 129 Å². The van der Waals surface area contributed by atoms with Crippen LogP contribution in [-0.4, -0.2) is 45.5 Å². The van der Waals surface area contributed by atoms with E-state index in [-0.39, 0.29) is 5.91 Å². The lowest BCUT2D eigenvalue weighted by molar-refractivity contribution is -0.138. The number of thioether (sulfide) groups is 1. The first-order valence-electron chi connectivity index (χ1n) is 7.67. The maximum Gasteiger partial charge on any atom is 0.320 e. The van der Waals surface area contributed by atoms with Crippen LogP contribution >= 0.6 is 11.8 Å². The van der Waals surface area contributed by atoms with Gasteiger partial charge in [-0.15, -0.1) is 0 Å². The second-order valence-electron chi connectivity index (χ2n) is 5.72. The molecule has 0 radical (unpaired) electrons. The molecule has 0 aromatic carbocycles. The highest BCUT2D eigenvalue weighted by atomic mass is 32.2. The first-order valence-corrected chi connectivity index (χ1v) is 8.82. The normalized spacial score (nSPS) is 19.8. The minimum atomic E-state index is -0.978. The summed E-state index contributed by atoms with van der Waals surface area (Å²) in [4.78, 5) is 25.0. The van der Waals surface area contributed by atoms with Gasteiger partial charge in [0, 0.05) is 11.7 Å². The monoisotopic (exact) mass is 312 g/mol. The topological polar surface area (TPSA) is 83.6 Å². The van der Waals surface area contributed by atoms with Crippen molar-refractivity contribution in [3.8, 4) is 0 Å². The Bertz CT molecular complexity index is 421. The van der Waals surface area contributed by atoms with Gasteiger partial charge in [-0.2, -0.15) is 11.8 Å². The summed E-state index contributed by atoms with van der Waals surface area (Å²) in [6.45, 7) is 0. The quantitative estimate of drug-likeness (QED) is 0.670. The highest BCUT2D eigenvalue weighted by Gasteiger charge is 2.34. The minimum absolute atomic E-state index is 0.166. The zero-order valence-electron chi connectivity index (χ0n) is 12.3. The van der Waals surface area contributed by atoms with Crippen molar-refractivity contribution in [3.05, 3.63) is 11.8 Å². The van der Waals surface area contributed by atoms with Gasteiger partial charge in [-0.05, 0) is 50.7 Å². The second kappa shape index (κ2) is 7.84. The largest absolute Gasteiger partial charge is 0.480 e. The minimum Gasteiger partial charge on any atom is -0.480 e. The number of hydrogen-bond donors (Lipinski definition) is 2. The zero-order valence-corrected chi connectivity index (χ0v) is 13.1. The smallest absolute Gasteiger partial charge is 0.320 e. The van der Waals surface area contributed by atoms with E-state index < -0.39 is 12.0 Å². The SMILES string of the molecule is NC(CCSCC(=O)N(C1=CCCCC1)C1CC1)C(=O)O. The molecule has 3 N–H and O–H groups in total. The molecule has 1 amide bonds. The highest BCUT2D eigenvalue weighted by Crippen LogP contribution is 2.34. The Morgan fingerprint density at radius 2 is 2.19 bits per heavy atom. The number of hydrogen-bond acceptors (Lipinski definition) is 4. The van der Waals surface area contributed by atoms with Crippen molar-refractivity contribution in [3.63, 3.8) is 0 Å². The summed E-state index contributed by atoms with van der Waals surface area (Å²) in [6.07, 6.45) is 9.31. The van der Waals surface area contributed by atoms with Gasteiger partial charge >= 0.3 is 5.97 Å². The van der Waals surface area contributed by atoms with Crippen LogP contribution < -0.4 is 5.73 Å². The van der Waals surface area contributed by atoms with E-state index in [4.69, 9.17) is 10.8 Å². The number of carboxylic acids is 1. The summed E-state index contributed by atoms with van der Waals surface area (Å²) in [5, 5.41) is 8.71. The summed E-state index contributed by atoms with van der Waals surface area (Å²) in [7, 11) is 0. The first kappa shape index (κ1) is 16.4. The van der Waals surface area contributed by atoms with E-state index in [1.165, 1.54) is 30.3 Å².